The molecule has 5 heterocycles. The van der Waals surface area contributed by atoms with Gasteiger partial charge >= 0.3 is 0 Å². The van der Waals surface area contributed by atoms with Crippen LogP contribution in [0.5, 0.6) is 11.5 Å². The Bertz CT molecular complexity index is 1720. The van der Waals surface area contributed by atoms with E-state index in [1.807, 2.05) is 36.5 Å². The number of para-hydroxylation sites is 1. The number of fused-ring (bicyclic) bond motifs is 2. The summed E-state index contributed by atoms with van der Waals surface area (Å²) in [5.41, 5.74) is 4.02. The van der Waals surface area contributed by atoms with Crippen LogP contribution in [0.15, 0.2) is 60.8 Å². The second-order valence-corrected chi connectivity index (χ2v) is 11.1. The van der Waals surface area contributed by atoms with Crippen LogP contribution in [0.4, 0.5) is 0 Å². The summed E-state index contributed by atoms with van der Waals surface area (Å²) in [6.07, 6.45) is 6.73. The van der Waals surface area contributed by atoms with E-state index in [0.29, 0.717) is 10.8 Å². The first-order chi connectivity index (χ1) is 21.1. The molecule has 3 aliphatic heterocycles. The SMILES string of the molecule is [2H]C([2H])([2H])Oc1cc(Cl)ccc1[C@@]1([2H])C=Cc2cccc(C3CCN(Cc4nc5cccnc5n4C[C@@H]4CCO4)CC3)c2O1. The third-order valence-corrected chi connectivity index (χ3v) is 8.41. The quantitative estimate of drug-likeness (QED) is 0.260. The van der Waals surface area contributed by atoms with Gasteiger partial charge in [-0.3, -0.25) is 4.90 Å². The Kier molecular flexibility index (Phi) is 5.81. The maximum atomic E-state index is 9.26. The third kappa shape index (κ3) is 4.87. The minimum absolute atomic E-state index is 0.00326. The van der Waals surface area contributed by atoms with Crippen molar-refractivity contribution in [1.82, 2.24) is 19.4 Å². The lowest BCUT2D eigenvalue weighted by atomic mass is 9.87. The number of rotatable bonds is 7. The number of piperidine rings is 1. The minimum Gasteiger partial charge on any atom is -0.496 e. The Balaban J connectivity index is 1.09. The minimum atomic E-state index is -2.70. The Labute approximate surface area is 245 Å². The molecule has 0 unspecified atom stereocenters. The first kappa shape index (κ1) is 21.4. The zero-order valence-electron chi connectivity index (χ0n) is 26.1. The van der Waals surface area contributed by atoms with Crippen LogP contribution >= 0.6 is 11.6 Å². The van der Waals surface area contributed by atoms with E-state index in [9.17, 15) is 1.37 Å². The summed E-state index contributed by atoms with van der Waals surface area (Å²) in [7, 11) is -2.70. The van der Waals surface area contributed by atoms with Crippen LogP contribution in [0.2, 0.25) is 5.02 Å². The fourth-order valence-electron chi connectivity index (χ4n) is 5.93. The fraction of sp³-hybridized carbons (Fsp3) is 0.375. The topological polar surface area (TPSA) is 61.6 Å². The lowest BCUT2D eigenvalue weighted by Gasteiger charge is -2.34. The number of likely N-dealkylation sites (tertiary alicyclic amines) is 1. The number of aromatic nitrogens is 3. The summed E-state index contributed by atoms with van der Waals surface area (Å²) < 4.78 is 51.7. The van der Waals surface area contributed by atoms with Gasteiger partial charge in [-0.1, -0.05) is 35.9 Å². The number of imidazole rings is 1. The van der Waals surface area contributed by atoms with Crippen LogP contribution in [0.25, 0.3) is 17.2 Å². The molecule has 0 amide bonds. The summed E-state index contributed by atoms with van der Waals surface area (Å²) in [6, 6.07) is 14.6. The molecule has 2 fully saturated rings. The van der Waals surface area contributed by atoms with Crippen LogP contribution in [0, 0.1) is 0 Å². The molecule has 0 aliphatic carbocycles. The molecule has 0 spiro atoms. The highest BCUT2D eigenvalue weighted by molar-refractivity contribution is 6.30. The zero-order chi connectivity index (χ0) is 30.5. The van der Waals surface area contributed by atoms with Gasteiger partial charge in [0.15, 0.2) is 5.65 Å². The van der Waals surface area contributed by atoms with Crippen molar-refractivity contribution in [2.45, 2.75) is 50.5 Å². The molecular weight excluding hydrogens is 524 g/mol. The molecule has 8 heteroatoms. The molecule has 206 valence electrons. The predicted molar refractivity (Wildman–Crippen MR) is 156 cm³/mol. The van der Waals surface area contributed by atoms with Gasteiger partial charge in [0.25, 0.3) is 0 Å². The first-order valence-electron chi connectivity index (χ1n) is 15.8. The van der Waals surface area contributed by atoms with E-state index in [2.05, 4.69) is 20.5 Å². The Morgan fingerprint density at radius 1 is 1.12 bits per heavy atom. The number of pyridine rings is 1. The van der Waals surface area contributed by atoms with Crippen molar-refractivity contribution in [2.75, 3.05) is 26.7 Å². The fourth-order valence-corrected chi connectivity index (χ4v) is 6.10. The van der Waals surface area contributed by atoms with E-state index in [1.54, 1.807) is 18.2 Å². The van der Waals surface area contributed by atoms with Crippen molar-refractivity contribution in [1.29, 1.82) is 0 Å². The summed E-state index contributed by atoms with van der Waals surface area (Å²) >= 11 is 6.16. The van der Waals surface area contributed by atoms with Gasteiger partial charge in [-0.2, -0.15) is 0 Å². The molecule has 7 nitrogen and oxygen atoms in total. The first-order valence-corrected chi connectivity index (χ1v) is 14.2. The lowest BCUT2D eigenvalue weighted by Crippen LogP contribution is -2.35. The van der Waals surface area contributed by atoms with Crippen molar-refractivity contribution in [2.24, 2.45) is 0 Å². The zero-order valence-corrected chi connectivity index (χ0v) is 22.8. The van der Waals surface area contributed by atoms with Gasteiger partial charge in [0.2, 0.25) is 0 Å². The number of methoxy groups -OCH3 is 1. The van der Waals surface area contributed by atoms with Gasteiger partial charge in [0, 0.05) is 29.0 Å². The average molecular weight is 561 g/mol. The molecular formula is C32H33ClN4O3. The smallest absolute Gasteiger partial charge is 0.160 e. The second-order valence-electron chi connectivity index (χ2n) is 10.6. The van der Waals surface area contributed by atoms with Crippen molar-refractivity contribution >= 4 is 28.8 Å². The van der Waals surface area contributed by atoms with Gasteiger partial charge < -0.3 is 18.8 Å². The number of benzene rings is 2. The highest BCUT2D eigenvalue weighted by Crippen LogP contribution is 2.43. The van der Waals surface area contributed by atoms with Gasteiger partial charge in [-0.25, -0.2) is 9.97 Å². The molecule has 2 aromatic heterocycles. The van der Waals surface area contributed by atoms with Crippen molar-refractivity contribution in [3.63, 3.8) is 0 Å². The molecule has 3 aliphatic rings. The molecule has 2 atom stereocenters. The van der Waals surface area contributed by atoms with Gasteiger partial charge in [0.05, 0.1) is 31.7 Å². The van der Waals surface area contributed by atoms with E-state index in [-0.39, 0.29) is 23.3 Å². The van der Waals surface area contributed by atoms with Crippen LogP contribution < -0.4 is 9.47 Å². The number of halogens is 1. The predicted octanol–water partition coefficient (Wildman–Crippen LogP) is 6.41. The van der Waals surface area contributed by atoms with Gasteiger partial charge in [-0.05, 0) is 80.2 Å². The number of hydrogen-bond acceptors (Lipinski definition) is 6. The summed E-state index contributed by atoms with van der Waals surface area (Å²) in [5, 5.41) is 0.312. The molecule has 0 saturated carbocycles. The Morgan fingerprint density at radius 2 is 2.02 bits per heavy atom. The molecule has 0 N–H and O–H groups in total. The maximum Gasteiger partial charge on any atom is 0.160 e. The Morgan fingerprint density at radius 3 is 2.85 bits per heavy atom. The lowest BCUT2D eigenvalue weighted by molar-refractivity contribution is -0.0593. The van der Waals surface area contributed by atoms with E-state index < -0.39 is 13.1 Å². The van der Waals surface area contributed by atoms with Gasteiger partial charge in [0.1, 0.15) is 28.9 Å². The molecule has 0 bridgehead atoms. The second kappa shape index (κ2) is 10.9. The molecule has 4 aromatic rings. The summed E-state index contributed by atoms with van der Waals surface area (Å²) in [6.45, 7) is 4.10. The number of ether oxygens (including phenoxy) is 3. The molecule has 2 aromatic carbocycles. The van der Waals surface area contributed by atoms with Gasteiger partial charge in [-0.15, -0.1) is 0 Å². The third-order valence-electron chi connectivity index (χ3n) is 8.18. The number of hydrogen-bond donors (Lipinski definition) is 0. The number of nitrogens with zero attached hydrogens (tertiary/aromatic N) is 4. The van der Waals surface area contributed by atoms with Crippen LogP contribution in [-0.4, -0.2) is 52.3 Å². The monoisotopic (exact) mass is 560 g/mol. The van der Waals surface area contributed by atoms with E-state index in [4.69, 9.17) is 34.9 Å². The normalized spacial score (nSPS) is 24.8. The standard InChI is InChI=1S/C32H33ClN4O3/c1-38-29-18-23(33)8-9-26(29)28-10-7-22-4-2-5-25(31(22)40-28)21-11-15-36(16-12-21)20-30-35-27-6-3-14-34-32(27)37(30)19-24-13-17-39-24/h2-10,14,18,21,24,28H,11-13,15-17,19-20H2,1H3/t24-,28+/m0/s1/i1D3,28D. The summed E-state index contributed by atoms with van der Waals surface area (Å²) in [5.74, 6) is 1.89. The van der Waals surface area contributed by atoms with Crippen molar-refractivity contribution in [3.05, 3.63) is 88.3 Å². The van der Waals surface area contributed by atoms with Crippen LogP contribution in [0.3, 0.4) is 0 Å². The van der Waals surface area contributed by atoms with E-state index >= 15 is 0 Å². The van der Waals surface area contributed by atoms with Crippen molar-refractivity contribution < 1.29 is 19.7 Å². The largest absolute Gasteiger partial charge is 0.496 e. The molecule has 0 radical (unpaired) electrons. The highest BCUT2D eigenvalue weighted by atomic mass is 35.5. The van der Waals surface area contributed by atoms with E-state index in [0.717, 1.165) is 80.2 Å². The van der Waals surface area contributed by atoms with Crippen LogP contribution in [0.1, 0.15) is 59.3 Å². The summed E-state index contributed by atoms with van der Waals surface area (Å²) in [4.78, 5) is 12.0. The highest BCUT2D eigenvalue weighted by Gasteiger charge is 2.29. The Hall–Kier alpha value is -3.39. The molecule has 7 rings (SSSR count). The molecule has 40 heavy (non-hydrogen) atoms. The average Bonchev–Trinajstić information content (AvgIpc) is 3.30. The van der Waals surface area contributed by atoms with E-state index in [1.165, 1.54) is 6.07 Å². The van der Waals surface area contributed by atoms with Crippen LogP contribution in [-0.2, 0) is 17.8 Å². The molecule has 2 saturated heterocycles. The maximum absolute atomic E-state index is 9.26. The van der Waals surface area contributed by atoms with Crippen molar-refractivity contribution in [3.8, 4) is 11.5 Å².